The van der Waals surface area contributed by atoms with Crippen molar-refractivity contribution in [1.82, 2.24) is 0 Å². The van der Waals surface area contributed by atoms with Gasteiger partial charge in [0.2, 0.25) is 0 Å². The van der Waals surface area contributed by atoms with Crippen molar-refractivity contribution >= 4 is 5.78 Å². The Labute approximate surface area is 99.8 Å². The molecular weight excluding hydrogens is 204 g/mol. The van der Waals surface area contributed by atoms with Crippen LogP contribution in [0.25, 0.3) is 0 Å². The molecule has 0 radical (unpaired) electrons. The Balaban J connectivity index is 0. The zero-order valence-corrected chi connectivity index (χ0v) is 11.3. The van der Waals surface area contributed by atoms with E-state index in [1.165, 1.54) is 6.08 Å². The zero-order chi connectivity index (χ0) is 13.0. The van der Waals surface area contributed by atoms with Gasteiger partial charge in [-0.3, -0.25) is 4.79 Å². The molecule has 0 heterocycles. The van der Waals surface area contributed by atoms with Gasteiger partial charge in [-0.1, -0.05) is 20.4 Å². The Morgan fingerprint density at radius 2 is 1.62 bits per heavy atom. The van der Waals surface area contributed by atoms with Crippen molar-refractivity contribution in [3.8, 4) is 0 Å². The van der Waals surface area contributed by atoms with Crippen LogP contribution in [0.1, 0.15) is 41.0 Å². The standard InChI is InChI=1S/C7H12O.C6H14O2/c1-4-7(8)5-6(2)3;1-4-7-6(3)8-5-2/h4,6H,1,5H2,2-3H3;6H,4-5H2,1-3H3. The summed E-state index contributed by atoms with van der Waals surface area (Å²) in [5, 5.41) is 0. The quantitative estimate of drug-likeness (QED) is 0.497. The fourth-order valence-electron chi connectivity index (χ4n) is 1.00. The summed E-state index contributed by atoms with van der Waals surface area (Å²) >= 11 is 0. The lowest BCUT2D eigenvalue weighted by Gasteiger charge is -2.09. The maximum atomic E-state index is 10.5. The van der Waals surface area contributed by atoms with Crippen LogP contribution in [-0.4, -0.2) is 25.3 Å². The van der Waals surface area contributed by atoms with Gasteiger partial charge in [0.25, 0.3) is 0 Å². The Morgan fingerprint density at radius 3 is 1.81 bits per heavy atom. The third kappa shape index (κ3) is 15.8. The fourth-order valence-corrected chi connectivity index (χ4v) is 1.00. The molecule has 0 fully saturated rings. The minimum Gasteiger partial charge on any atom is -0.353 e. The van der Waals surface area contributed by atoms with Crippen LogP contribution in [0.4, 0.5) is 0 Å². The number of carbonyl (C=O) groups excluding carboxylic acids is 1. The highest BCUT2D eigenvalue weighted by atomic mass is 16.7. The summed E-state index contributed by atoms with van der Waals surface area (Å²) in [5.41, 5.74) is 0. The highest BCUT2D eigenvalue weighted by Crippen LogP contribution is 1.99. The third-order valence-corrected chi connectivity index (χ3v) is 1.64. The van der Waals surface area contributed by atoms with Crippen LogP contribution >= 0.6 is 0 Å². The summed E-state index contributed by atoms with van der Waals surface area (Å²) in [6, 6.07) is 0. The van der Waals surface area contributed by atoms with Crippen LogP contribution < -0.4 is 0 Å². The van der Waals surface area contributed by atoms with Crippen molar-refractivity contribution < 1.29 is 14.3 Å². The number of hydrogen-bond donors (Lipinski definition) is 0. The number of rotatable bonds is 7. The third-order valence-electron chi connectivity index (χ3n) is 1.64. The van der Waals surface area contributed by atoms with Crippen molar-refractivity contribution in [2.75, 3.05) is 13.2 Å². The van der Waals surface area contributed by atoms with E-state index in [0.717, 1.165) is 13.2 Å². The van der Waals surface area contributed by atoms with E-state index in [0.29, 0.717) is 12.3 Å². The maximum absolute atomic E-state index is 10.5. The molecule has 16 heavy (non-hydrogen) atoms. The lowest BCUT2D eigenvalue weighted by Crippen LogP contribution is -2.11. The lowest BCUT2D eigenvalue weighted by atomic mass is 10.1. The topological polar surface area (TPSA) is 35.5 Å². The average molecular weight is 230 g/mol. The van der Waals surface area contributed by atoms with E-state index in [9.17, 15) is 4.79 Å². The van der Waals surface area contributed by atoms with Crippen molar-refractivity contribution in [1.29, 1.82) is 0 Å². The van der Waals surface area contributed by atoms with E-state index in [-0.39, 0.29) is 12.1 Å². The van der Waals surface area contributed by atoms with Gasteiger partial charge < -0.3 is 9.47 Å². The summed E-state index contributed by atoms with van der Waals surface area (Å²) < 4.78 is 10.1. The summed E-state index contributed by atoms with van der Waals surface area (Å²) in [6.45, 7) is 14.6. The molecule has 0 saturated heterocycles. The lowest BCUT2D eigenvalue weighted by molar-refractivity contribution is -0.123. The molecule has 0 unspecified atom stereocenters. The molecule has 0 amide bonds. The molecule has 0 aromatic rings. The van der Waals surface area contributed by atoms with Crippen LogP contribution in [0, 0.1) is 5.92 Å². The smallest absolute Gasteiger partial charge is 0.155 e. The van der Waals surface area contributed by atoms with Crippen LogP contribution in [-0.2, 0) is 14.3 Å². The average Bonchev–Trinajstić information content (AvgIpc) is 2.18. The van der Waals surface area contributed by atoms with Crippen LogP contribution in [0.15, 0.2) is 12.7 Å². The van der Waals surface area contributed by atoms with Gasteiger partial charge in [-0.15, -0.1) is 0 Å². The molecule has 3 heteroatoms. The van der Waals surface area contributed by atoms with Crippen LogP contribution in [0.3, 0.4) is 0 Å². The summed E-state index contributed by atoms with van der Waals surface area (Å²) in [4.78, 5) is 10.5. The summed E-state index contributed by atoms with van der Waals surface area (Å²) in [5.74, 6) is 0.598. The highest BCUT2D eigenvalue weighted by molar-refractivity contribution is 5.89. The molecule has 0 aromatic heterocycles. The summed E-state index contributed by atoms with van der Waals surface area (Å²) in [6.07, 6.45) is 1.97. The highest BCUT2D eigenvalue weighted by Gasteiger charge is 1.97. The number of carbonyl (C=O) groups is 1. The largest absolute Gasteiger partial charge is 0.353 e. The predicted molar refractivity (Wildman–Crippen MR) is 67.4 cm³/mol. The van der Waals surface area contributed by atoms with Gasteiger partial charge in [0.1, 0.15) is 0 Å². The van der Waals surface area contributed by atoms with E-state index < -0.39 is 0 Å². The molecular formula is C13H26O3. The first kappa shape index (κ1) is 17.7. The Morgan fingerprint density at radius 1 is 1.19 bits per heavy atom. The number of hydrogen-bond acceptors (Lipinski definition) is 3. The second kappa shape index (κ2) is 12.4. The summed E-state index contributed by atoms with van der Waals surface area (Å²) in [7, 11) is 0. The van der Waals surface area contributed by atoms with Crippen molar-refractivity contribution in [2.45, 2.75) is 47.3 Å². The Bertz CT molecular complexity index is 170. The first-order chi connectivity index (χ1) is 7.47. The molecule has 3 nitrogen and oxygen atoms in total. The number of ether oxygens (including phenoxy) is 2. The van der Waals surface area contributed by atoms with Gasteiger partial charge >= 0.3 is 0 Å². The maximum Gasteiger partial charge on any atom is 0.155 e. The first-order valence-electron chi connectivity index (χ1n) is 5.86. The van der Waals surface area contributed by atoms with E-state index in [1.54, 1.807) is 0 Å². The predicted octanol–water partition coefficient (Wildman–Crippen LogP) is 3.19. The van der Waals surface area contributed by atoms with Crippen molar-refractivity contribution in [3.05, 3.63) is 12.7 Å². The molecule has 0 bridgehead atoms. The molecule has 0 rings (SSSR count). The van der Waals surface area contributed by atoms with Crippen molar-refractivity contribution in [2.24, 2.45) is 5.92 Å². The van der Waals surface area contributed by atoms with E-state index >= 15 is 0 Å². The zero-order valence-electron chi connectivity index (χ0n) is 11.3. The van der Waals surface area contributed by atoms with Gasteiger partial charge in [0, 0.05) is 19.6 Å². The number of ketones is 1. The van der Waals surface area contributed by atoms with Crippen molar-refractivity contribution in [3.63, 3.8) is 0 Å². The van der Waals surface area contributed by atoms with Gasteiger partial charge in [-0.25, -0.2) is 0 Å². The molecule has 0 aromatic carbocycles. The SMILES string of the molecule is C=CC(=O)CC(C)C.CCOC(C)OCC. The Kier molecular flexibility index (Phi) is 13.7. The van der Waals surface area contributed by atoms with Gasteiger partial charge in [0.15, 0.2) is 12.1 Å². The second-order valence-corrected chi connectivity index (χ2v) is 3.75. The molecule has 0 N–H and O–H groups in total. The molecule has 96 valence electrons. The van der Waals surface area contributed by atoms with Crippen LogP contribution in [0.2, 0.25) is 0 Å². The van der Waals surface area contributed by atoms with Gasteiger partial charge in [-0.05, 0) is 32.8 Å². The minimum absolute atomic E-state index is 0.0370. The van der Waals surface area contributed by atoms with E-state index in [2.05, 4.69) is 6.58 Å². The molecule has 0 aliphatic rings. The Hall–Kier alpha value is -0.670. The van der Waals surface area contributed by atoms with Gasteiger partial charge in [0.05, 0.1) is 0 Å². The molecule has 0 aliphatic carbocycles. The normalized spacial score (nSPS) is 9.94. The molecule has 0 atom stereocenters. The first-order valence-corrected chi connectivity index (χ1v) is 5.86. The monoisotopic (exact) mass is 230 g/mol. The molecule has 0 spiro atoms. The molecule has 0 aliphatic heterocycles. The van der Waals surface area contributed by atoms with Crippen LogP contribution in [0.5, 0.6) is 0 Å². The second-order valence-electron chi connectivity index (χ2n) is 3.75. The number of allylic oxidation sites excluding steroid dienone is 1. The fraction of sp³-hybridized carbons (Fsp3) is 0.769. The molecule has 0 saturated carbocycles. The van der Waals surface area contributed by atoms with E-state index in [4.69, 9.17) is 9.47 Å². The van der Waals surface area contributed by atoms with E-state index in [1.807, 2.05) is 34.6 Å². The van der Waals surface area contributed by atoms with Gasteiger partial charge in [-0.2, -0.15) is 0 Å². The minimum atomic E-state index is -0.0370.